The number of anilines is 2. The van der Waals surface area contributed by atoms with Gasteiger partial charge in [0.05, 0.1) is 17.9 Å². The number of fused-ring (bicyclic) bond motifs is 1. The number of halogens is 7. The Labute approximate surface area is 248 Å². The maximum absolute atomic E-state index is 14.0. The molecular weight excluding hydrogens is 599 g/mol. The van der Waals surface area contributed by atoms with Crippen molar-refractivity contribution in [3.63, 3.8) is 0 Å². The first kappa shape index (κ1) is 32.8. The Morgan fingerprint density at radius 2 is 1.70 bits per heavy atom. The van der Waals surface area contributed by atoms with E-state index in [2.05, 4.69) is 22.3 Å². The largest absolute Gasteiger partial charge is 0.490 e. The van der Waals surface area contributed by atoms with Gasteiger partial charge in [-0.2, -0.15) is 13.2 Å². The summed E-state index contributed by atoms with van der Waals surface area (Å²) >= 11 is 0. The molecular formula is C29H30F7N5O3. The minimum Gasteiger partial charge on any atom is -0.487 e. The lowest BCUT2D eigenvalue weighted by Gasteiger charge is -2.35. The van der Waals surface area contributed by atoms with Crippen LogP contribution in [-0.2, 0) is 24.3 Å². The van der Waals surface area contributed by atoms with Gasteiger partial charge in [-0.05, 0) is 17.7 Å². The molecule has 8 nitrogen and oxygen atoms in total. The van der Waals surface area contributed by atoms with E-state index in [0.29, 0.717) is 44.1 Å². The average Bonchev–Trinajstić information content (AvgIpc) is 2.98. The fourth-order valence-corrected chi connectivity index (χ4v) is 4.80. The van der Waals surface area contributed by atoms with Gasteiger partial charge < -0.3 is 20.1 Å². The Kier molecular flexibility index (Phi) is 10.8. The molecule has 0 bridgehead atoms. The van der Waals surface area contributed by atoms with Crippen LogP contribution < -0.4 is 15.0 Å². The van der Waals surface area contributed by atoms with E-state index in [4.69, 9.17) is 24.6 Å². The first-order valence-electron chi connectivity index (χ1n) is 13.7. The summed E-state index contributed by atoms with van der Waals surface area (Å²) in [5.74, 6) is -3.22. The van der Waals surface area contributed by atoms with Crippen molar-refractivity contribution in [2.24, 2.45) is 0 Å². The van der Waals surface area contributed by atoms with Crippen LogP contribution in [0.5, 0.6) is 5.75 Å². The second-order valence-corrected chi connectivity index (χ2v) is 10.2. The summed E-state index contributed by atoms with van der Waals surface area (Å²) < 4.78 is 90.8. The predicted molar refractivity (Wildman–Crippen MR) is 147 cm³/mol. The minimum absolute atomic E-state index is 0.0211. The van der Waals surface area contributed by atoms with Crippen LogP contribution in [0.3, 0.4) is 0 Å². The Morgan fingerprint density at radius 1 is 1.02 bits per heavy atom. The van der Waals surface area contributed by atoms with Crippen molar-refractivity contribution in [1.82, 2.24) is 14.9 Å². The molecule has 0 aliphatic carbocycles. The molecule has 3 aromatic rings. The second-order valence-electron chi connectivity index (χ2n) is 10.2. The van der Waals surface area contributed by atoms with E-state index in [1.807, 2.05) is 23.1 Å². The van der Waals surface area contributed by atoms with E-state index < -0.39 is 36.8 Å². The summed E-state index contributed by atoms with van der Waals surface area (Å²) in [7, 11) is 0. The van der Waals surface area contributed by atoms with E-state index in [1.165, 1.54) is 11.6 Å². The number of aliphatic carboxylic acids is 1. The third-order valence-corrected chi connectivity index (χ3v) is 6.92. The fraction of sp³-hybridized carbons (Fsp3) is 0.414. The number of ether oxygens (including phenoxy) is 1. The number of hydrogen-bond donors (Lipinski definition) is 2. The average molecular weight is 630 g/mol. The number of carboxylic acid groups (broad SMARTS) is 1. The number of alkyl halides is 5. The van der Waals surface area contributed by atoms with Gasteiger partial charge in [-0.25, -0.2) is 32.3 Å². The van der Waals surface area contributed by atoms with Crippen molar-refractivity contribution < 1.29 is 45.4 Å². The lowest BCUT2D eigenvalue weighted by Crippen LogP contribution is -2.40. The van der Waals surface area contributed by atoms with Crippen molar-refractivity contribution in [2.75, 3.05) is 36.4 Å². The molecule has 5 rings (SSSR count). The van der Waals surface area contributed by atoms with Gasteiger partial charge in [-0.3, -0.25) is 4.90 Å². The molecule has 2 aliphatic heterocycles. The molecule has 1 fully saturated rings. The maximum Gasteiger partial charge on any atom is 0.490 e. The molecule has 2 aliphatic rings. The molecule has 1 saturated heterocycles. The summed E-state index contributed by atoms with van der Waals surface area (Å²) in [4.78, 5) is 22.8. The monoisotopic (exact) mass is 629 g/mol. The summed E-state index contributed by atoms with van der Waals surface area (Å²) in [5.41, 5.74) is 2.89. The Morgan fingerprint density at radius 3 is 2.32 bits per heavy atom. The fourth-order valence-electron chi connectivity index (χ4n) is 4.80. The third kappa shape index (κ3) is 9.18. The van der Waals surface area contributed by atoms with Crippen LogP contribution in [0.4, 0.5) is 42.4 Å². The molecule has 1 aromatic heterocycles. The molecule has 15 heteroatoms. The van der Waals surface area contributed by atoms with Crippen molar-refractivity contribution in [3.05, 3.63) is 77.1 Å². The lowest BCUT2D eigenvalue weighted by atomic mass is 10.1. The van der Waals surface area contributed by atoms with Crippen LogP contribution in [0.2, 0.25) is 0 Å². The number of benzene rings is 2. The number of piperidine rings is 1. The van der Waals surface area contributed by atoms with Gasteiger partial charge in [0.15, 0.2) is 23.2 Å². The van der Waals surface area contributed by atoms with Crippen molar-refractivity contribution in [3.8, 4) is 5.75 Å². The Balaban J connectivity index is 0.000000566. The highest BCUT2D eigenvalue weighted by molar-refractivity contribution is 5.73. The molecule has 2 aromatic carbocycles. The van der Waals surface area contributed by atoms with Gasteiger partial charge in [0.2, 0.25) is 0 Å². The van der Waals surface area contributed by atoms with E-state index in [-0.39, 0.29) is 11.9 Å². The van der Waals surface area contributed by atoms with Crippen molar-refractivity contribution in [1.29, 1.82) is 0 Å². The van der Waals surface area contributed by atoms with Crippen LogP contribution in [-0.4, -0.2) is 70.8 Å². The number of nitrogens with one attached hydrogen (secondary N) is 1. The maximum atomic E-state index is 14.0. The Hall–Kier alpha value is -4.14. The lowest BCUT2D eigenvalue weighted by molar-refractivity contribution is -0.192. The summed E-state index contributed by atoms with van der Waals surface area (Å²) in [5, 5.41) is 9.91. The molecule has 2 N–H and O–H groups in total. The topological polar surface area (TPSA) is 90.8 Å². The highest BCUT2D eigenvalue weighted by Gasteiger charge is 2.38. The highest BCUT2D eigenvalue weighted by Crippen LogP contribution is 2.31. The molecule has 0 radical (unpaired) electrons. The number of hydrogen-bond acceptors (Lipinski definition) is 7. The molecule has 0 atom stereocenters. The summed E-state index contributed by atoms with van der Waals surface area (Å²) in [6.45, 7) is 2.79. The quantitative estimate of drug-likeness (QED) is 0.308. The summed E-state index contributed by atoms with van der Waals surface area (Å²) in [6, 6.07) is 13.4. The number of aromatic nitrogens is 2. The van der Waals surface area contributed by atoms with Crippen molar-refractivity contribution >= 4 is 17.6 Å². The highest BCUT2D eigenvalue weighted by atomic mass is 19.4. The third-order valence-electron chi connectivity index (χ3n) is 6.92. The normalized spacial score (nSPS) is 15.8. The molecule has 0 spiro atoms. The standard InChI is InChI=1S/C27H29F4N5O.C2HF3O2/c28-19-6-7-24(21(29)14-19)37-20-8-12-36(13-9-20)27-26(32-15-25(30)31)33-23-17-35(11-10-22(23)34-27)16-18-4-2-1-3-5-18;3-2(4,5)1(6)7/h1-7,14,20,25H,8-13,15-17H2,(H,32,33);(H,6,7). The van der Waals surface area contributed by atoms with E-state index in [1.54, 1.807) is 0 Å². The number of rotatable bonds is 8. The van der Waals surface area contributed by atoms with Crippen LogP contribution in [0, 0.1) is 11.6 Å². The summed E-state index contributed by atoms with van der Waals surface area (Å²) in [6.07, 6.45) is -5.97. The van der Waals surface area contributed by atoms with E-state index in [9.17, 15) is 30.7 Å². The van der Waals surface area contributed by atoms with Crippen LogP contribution >= 0.6 is 0 Å². The number of carboxylic acids is 1. The second kappa shape index (κ2) is 14.6. The zero-order valence-electron chi connectivity index (χ0n) is 23.3. The van der Waals surface area contributed by atoms with Crippen molar-refractivity contribution in [2.45, 2.75) is 51.1 Å². The van der Waals surface area contributed by atoms with Gasteiger partial charge in [0, 0.05) is 58.1 Å². The predicted octanol–water partition coefficient (Wildman–Crippen LogP) is 5.67. The van der Waals surface area contributed by atoms with Gasteiger partial charge >= 0.3 is 12.1 Å². The number of nitrogens with zero attached hydrogens (tertiary/aromatic N) is 4. The van der Waals surface area contributed by atoms with Crippen LogP contribution in [0.15, 0.2) is 48.5 Å². The van der Waals surface area contributed by atoms with Gasteiger partial charge in [-0.1, -0.05) is 30.3 Å². The van der Waals surface area contributed by atoms with E-state index in [0.717, 1.165) is 43.0 Å². The molecule has 0 saturated carbocycles. The van der Waals surface area contributed by atoms with E-state index >= 15 is 0 Å². The van der Waals surface area contributed by atoms with Gasteiger partial charge in [0.25, 0.3) is 6.43 Å². The van der Waals surface area contributed by atoms with Crippen LogP contribution in [0.25, 0.3) is 0 Å². The molecule has 0 unspecified atom stereocenters. The zero-order chi connectivity index (χ0) is 31.9. The molecule has 44 heavy (non-hydrogen) atoms. The van der Waals surface area contributed by atoms with Gasteiger partial charge in [0.1, 0.15) is 11.9 Å². The molecule has 238 valence electrons. The van der Waals surface area contributed by atoms with Gasteiger partial charge in [-0.15, -0.1) is 0 Å². The number of carbonyl (C=O) groups is 1. The first-order chi connectivity index (χ1) is 20.9. The molecule has 0 amide bonds. The van der Waals surface area contributed by atoms with Crippen LogP contribution in [0.1, 0.15) is 29.8 Å². The first-order valence-corrected chi connectivity index (χ1v) is 13.7. The minimum atomic E-state index is -5.08. The Bertz CT molecular complexity index is 1400. The zero-order valence-corrected chi connectivity index (χ0v) is 23.3. The molecule has 3 heterocycles. The SMILES string of the molecule is Fc1ccc(OC2CCN(c3nc4c(nc3NCC(F)F)CN(Cc3ccccc3)CC4)CC2)c(F)c1.O=C(O)C(F)(F)F. The smallest absolute Gasteiger partial charge is 0.487 e.